The van der Waals surface area contributed by atoms with Gasteiger partial charge < -0.3 is 4.74 Å². The van der Waals surface area contributed by atoms with Crippen LogP contribution < -0.4 is 0 Å². The molecule has 2 fully saturated rings. The average Bonchev–Trinajstić information content (AvgIpc) is 2.21. The van der Waals surface area contributed by atoms with Crippen LogP contribution in [0.15, 0.2) is 0 Å². The normalized spacial score (nSPS) is 45.3. The van der Waals surface area contributed by atoms with Crippen LogP contribution in [0, 0.1) is 11.8 Å². The molecule has 1 aliphatic heterocycles. The summed E-state index contributed by atoms with van der Waals surface area (Å²) in [4.78, 5) is 11.0. The molecule has 0 radical (unpaired) electrons. The lowest BCUT2D eigenvalue weighted by Crippen LogP contribution is -2.19. The van der Waals surface area contributed by atoms with Crippen LogP contribution in [0.2, 0.25) is 0 Å². The zero-order valence-electron chi connectivity index (χ0n) is 6.17. The molecule has 1 saturated carbocycles. The zero-order chi connectivity index (χ0) is 7.14. The molecule has 2 bridgehead atoms. The maximum atomic E-state index is 11.0. The molecule has 1 saturated heterocycles. The lowest BCUT2D eigenvalue weighted by Gasteiger charge is -2.20. The third-order valence-electron chi connectivity index (χ3n) is 2.73. The van der Waals surface area contributed by atoms with Crippen molar-refractivity contribution in [3.63, 3.8) is 0 Å². The van der Waals surface area contributed by atoms with Crippen LogP contribution in [0.25, 0.3) is 0 Å². The van der Waals surface area contributed by atoms with Gasteiger partial charge in [-0.1, -0.05) is 6.92 Å². The molecule has 3 atom stereocenters. The number of carbonyl (C=O) groups excluding carboxylic acids is 1. The highest BCUT2D eigenvalue weighted by Gasteiger charge is 2.41. The summed E-state index contributed by atoms with van der Waals surface area (Å²) in [5, 5.41) is 0. The van der Waals surface area contributed by atoms with Gasteiger partial charge in [-0.2, -0.15) is 0 Å². The van der Waals surface area contributed by atoms with E-state index in [-0.39, 0.29) is 18.0 Å². The summed E-state index contributed by atoms with van der Waals surface area (Å²) >= 11 is 0. The van der Waals surface area contributed by atoms with Gasteiger partial charge in [-0.3, -0.25) is 4.79 Å². The number of ether oxygens (including phenoxy) is 1. The van der Waals surface area contributed by atoms with Gasteiger partial charge in [0, 0.05) is 0 Å². The van der Waals surface area contributed by atoms with Crippen molar-refractivity contribution in [2.24, 2.45) is 11.8 Å². The molecule has 2 nitrogen and oxygen atoms in total. The van der Waals surface area contributed by atoms with Crippen LogP contribution >= 0.6 is 0 Å². The summed E-state index contributed by atoms with van der Waals surface area (Å²) in [5.74, 6) is 0.847. The maximum absolute atomic E-state index is 11.0. The monoisotopic (exact) mass is 140 g/mol. The Bertz CT molecular complexity index is 165. The second-order valence-electron chi connectivity index (χ2n) is 3.46. The van der Waals surface area contributed by atoms with E-state index in [0.29, 0.717) is 5.92 Å². The molecule has 2 rings (SSSR count). The standard InChI is InChI=1S/C8H12O2/c1-5-2-3-6-4-7(5)8(9)10-6/h5-7H,2-4H2,1H3. The van der Waals surface area contributed by atoms with E-state index in [1.807, 2.05) is 0 Å². The summed E-state index contributed by atoms with van der Waals surface area (Å²) in [5.41, 5.74) is 0. The number of carbonyl (C=O) groups is 1. The van der Waals surface area contributed by atoms with Gasteiger partial charge in [0.15, 0.2) is 0 Å². The van der Waals surface area contributed by atoms with E-state index in [9.17, 15) is 4.79 Å². The number of rotatable bonds is 0. The zero-order valence-corrected chi connectivity index (χ0v) is 6.17. The predicted octanol–water partition coefficient (Wildman–Crippen LogP) is 1.35. The van der Waals surface area contributed by atoms with E-state index >= 15 is 0 Å². The SMILES string of the molecule is CC1CCC2CC1C(=O)O2. The van der Waals surface area contributed by atoms with Gasteiger partial charge >= 0.3 is 5.97 Å². The minimum atomic E-state index is 0.0509. The molecule has 10 heavy (non-hydrogen) atoms. The first-order chi connectivity index (χ1) is 4.77. The van der Waals surface area contributed by atoms with Crippen LogP contribution in [0.5, 0.6) is 0 Å². The molecule has 0 aromatic heterocycles. The molecule has 0 aromatic carbocycles. The molecule has 1 heterocycles. The van der Waals surface area contributed by atoms with Crippen molar-refractivity contribution in [1.82, 2.24) is 0 Å². The smallest absolute Gasteiger partial charge is 0.309 e. The van der Waals surface area contributed by atoms with Gasteiger partial charge in [-0.15, -0.1) is 0 Å². The quantitative estimate of drug-likeness (QED) is 0.475. The van der Waals surface area contributed by atoms with Crippen LogP contribution in [-0.2, 0) is 9.53 Å². The minimum Gasteiger partial charge on any atom is -0.462 e. The van der Waals surface area contributed by atoms with Crippen molar-refractivity contribution < 1.29 is 9.53 Å². The van der Waals surface area contributed by atoms with Gasteiger partial charge in [0.05, 0.1) is 5.92 Å². The van der Waals surface area contributed by atoms with E-state index in [1.165, 1.54) is 6.42 Å². The molecule has 1 aliphatic carbocycles. The van der Waals surface area contributed by atoms with Crippen molar-refractivity contribution in [1.29, 1.82) is 0 Å². The highest BCUT2D eigenvalue weighted by molar-refractivity contribution is 5.75. The first kappa shape index (κ1) is 6.20. The summed E-state index contributed by atoms with van der Waals surface area (Å²) in [6, 6.07) is 0. The fourth-order valence-corrected chi connectivity index (χ4v) is 1.97. The van der Waals surface area contributed by atoms with Crippen molar-refractivity contribution in [3.05, 3.63) is 0 Å². The highest BCUT2D eigenvalue weighted by atomic mass is 16.6. The lowest BCUT2D eigenvalue weighted by atomic mass is 9.81. The topological polar surface area (TPSA) is 26.3 Å². The number of hydrogen-bond acceptors (Lipinski definition) is 2. The van der Waals surface area contributed by atoms with Crippen molar-refractivity contribution >= 4 is 5.97 Å². The van der Waals surface area contributed by atoms with E-state index in [4.69, 9.17) is 4.74 Å². The fraction of sp³-hybridized carbons (Fsp3) is 0.875. The third kappa shape index (κ3) is 0.746. The van der Waals surface area contributed by atoms with Crippen molar-refractivity contribution in [2.75, 3.05) is 0 Å². The molecular formula is C8H12O2. The second-order valence-corrected chi connectivity index (χ2v) is 3.46. The molecule has 56 valence electrons. The Labute approximate surface area is 60.6 Å². The molecule has 0 aromatic rings. The number of esters is 1. The second kappa shape index (κ2) is 1.97. The Morgan fingerprint density at radius 3 is 3.00 bits per heavy atom. The lowest BCUT2D eigenvalue weighted by molar-refractivity contribution is -0.143. The van der Waals surface area contributed by atoms with Gasteiger partial charge in [0.1, 0.15) is 6.10 Å². The molecule has 2 aliphatic rings. The fourth-order valence-electron chi connectivity index (χ4n) is 1.97. The third-order valence-corrected chi connectivity index (χ3v) is 2.73. The van der Waals surface area contributed by atoms with Crippen LogP contribution in [0.3, 0.4) is 0 Å². The molecular weight excluding hydrogens is 128 g/mol. The molecule has 3 unspecified atom stereocenters. The predicted molar refractivity (Wildman–Crippen MR) is 36.4 cm³/mol. The first-order valence-electron chi connectivity index (χ1n) is 3.98. The molecule has 2 heteroatoms. The average molecular weight is 140 g/mol. The molecule has 0 amide bonds. The minimum absolute atomic E-state index is 0.0509. The van der Waals surface area contributed by atoms with E-state index in [2.05, 4.69) is 6.92 Å². The summed E-state index contributed by atoms with van der Waals surface area (Å²) in [7, 11) is 0. The van der Waals surface area contributed by atoms with Gasteiger partial charge in [-0.05, 0) is 25.2 Å². The van der Waals surface area contributed by atoms with E-state index < -0.39 is 0 Å². The summed E-state index contributed by atoms with van der Waals surface area (Å²) in [6.45, 7) is 2.15. The van der Waals surface area contributed by atoms with Crippen LogP contribution in [0.4, 0.5) is 0 Å². The Morgan fingerprint density at radius 1 is 1.50 bits per heavy atom. The van der Waals surface area contributed by atoms with Crippen LogP contribution in [-0.4, -0.2) is 12.1 Å². The largest absolute Gasteiger partial charge is 0.462 e. The number of fused-ring (bicyclic) bond motifs is 2. The Hall–Kier alpha value is -0.530. The van der Waals surface area contributed by atoms with E-state index in [1.54, 1.807) is 0 Å². The molecule has 0 N–H and O–H groups in total. The van der Waals surface area contributed by atoms with Gasteiger partial charge in [0.25, 0.3) is 0 Å². The molecule has 0 spiro atoms. The Balaban J connectivity index is 2.17. The summed E-state index contributed by atoms with van der Waals surface area (Å²) < 4.78 is 5.12. The van der Waals surface area contributed by atoms with Gasteiger partial charge in [-0.25, -0.2) is 0 Å². The Morgan fingerprint density at radius 2 is 2.30 bits per heavy atom. The van der Waals surface area contributed by atoms with Crippen molar-refractivity contribution in [3.8, 4) is 0 Å². The Kier molecular flexibility index (Phi) is 1.22. The van der Waals surface area contributed by atoms with E-state index in [0.717, 1.165) is 12.8 Å². The first-order valence-corrected chi connectivity index (χ1v) is 3.98. The van der Waals surface area contributed by atoms with Crippen molar-refractivity contribution in [2.45, 2.75) is 32.3 Å². The summed E-state index contributed by atoms with van der Waals surface area (Å²) in [6.07, 6.45) is 3.51. The maximum Gasteiger partial charge on any atom is 0.309 e. The number of hydrogen-bond donors (Lipinski definition) is 0. The van der Waals surface area contributed by atoms with Gasteiger partial charge in [0.2, 0.25) is 0 Å². The highest BCUT2D eigenvalue weighted by Crippen LogP contribution is 2.37. The van der Waals surface area contributed by atoms with Crippen LogP contribution in [0.1, 0.15) is 26.2 Å².